The number of hydrogen-bond acceptors (Lipinski definition) is 3. The Bertz CT molecular complexity index is 427. The van der Waals surface area contributed by atoms with Gasteiger partial charge < -0.3 is 4.74 Å². The molecule has 1 rings (SSSR count). The van der Waals surface area contributed by atoms with Crippen molar-refractivity contribution >= 4 is 12.1 Å². The van der Waals surface area contributed by atoms with Crippen LogP contribution in [0.25, 0.3) is 0 Å². The fourth-order valence-electron chi connectivity index (χ4n) is 1.75. The number of benzene rings is 1. The van der Waals surface area contributed by atoms with Crippen LogP contribution in [0.5, 0.6) is 5.75 Å². The highest BCUT2D eigenvalue weighted by atomic mass is 16.5. The molecule has 0 saturated carbocycles. The van der Waals surface area contributed by atoms with Crippen molar-refractivity contribution in [3.63, 3.8) is 0 Å². The second-order valence-corrected chi connectivity index (χ2v) is 5.02. The van der Waals surface area contributed by atoms with E-state index >= 15 is 0 Å². The molecule has 21 heavy (non-hydrogen) atoms. The summed E-state index contributed by atoms with van der Waals surface area (Å²) in [5.41, 5.74) is 3.48. The number of unbranched alkanes of at least 4 members (excludes halogenated alkanes) is 3. The van der Waals surface area contributed by atoms with Gasteiger partial charge in [-0.25, -0.2) is 5.43 Å². The molecule has 0 aliphatic heterocycles. The monoisotopic (exact) mass is 290 g/mol. The molecule has 1 aromatic rings. The van der Waals surface area contributed by atoms with Crippen LogP contribution >= 0.6 is 0 Å². The van der Waals surface area contributed by atoms with Crippen LogP contribution < -0.4 is 10.2 Å². The topological polar surface area (TPSA) is 50.7 Å². The number of nitrogens with one attached hydrogen (secondary N) is 1. The molecule has 0 unspecified atom stereocenters. The predicted octanol–water partition coefficient (Wildman–Crippen LogP) is 3.90. The molecule has 0 aliphatic carbocycles. The van der Waals surface area contributed by atoms with Crippen LogP contribution in [0.3, 0.4) is 0 Å². The smallest absolute Gasteiger partial charge is 0.240 e. The molecule has 1 aromatic carbocycles. The van der Waals surface area contributed by atoms with Crippen molar-refractivity contribution in [3.05, 3.63) is 29.8 Å². The molecule has 4 heteroatoms. The number of carbonyl (C=O) groups is 1. The Balaban J connectivity index is 2.30. The van der Waals surface area contributed by atoms with Gasteiger partial charge in [-0.05, 0) is 42.7 Å². The van der Waals surface area contributed by atoms with Gasteiger partial charge in [-0.3, -0.25) is 4.79 Å². The van der Waals surface area contributed by atoms with Gasteiger partial charge in [0, 0.05) is 6.42 Å². The number of hydrazone groups is 1. The molecule has 116 valence electrons. The van der Waals surface area contributed by atoms with Gasteiger partial charge in [0.15, 0.2) is 0 Å². The summed E-state index contributed by atoms with van der Waals surface area (Å²) in [6.45, 7) is 5.00. The van der Waals surface area contributed by atoms with Gasteiger partial charge in [0.2, 0.25) is 5.91 Å². The Hall–Kier alpha value is -1.84. The number of nitrogens with zero attached hydrogens (tertiary/aromatic N) is 1. The third-order valence-corrected chi connectivity index (χ3v) is 3.06. The van der Waals surface area contributed by atoms with E-state index in [2.05, 4.69) is 24.4 Å². The summed E-state index contributed by atoms with van der Waals surface area (Å²) in [5.74, 6) is 0.837. The first kappa shape index (κ1) is 17.2. The maximum absolute atomic E-state index is 11.5. The van der Waals surface area contributed by atoms with E-state index in [9.17, 15) is 4.79 Å². The molecular formula is C17H26N2O2. The summed E-state index contributed by atoms with van der Waals surface area (Å²) in [4.78, 5) is 11.5. The fraction of sp³-hybridized carbons (Fsp3) is 0.529. The highest BCUT2D eigenvalue weighted by Crippen LogP contribution is 2.11. The lowest BCUT2D eigenvalue weighted by atomic mass is 10.2. The quantitative estimate of drug-likeness (QED) is 0.404. The van der Waals surface area contributed by atoms with E-state index in [4.69, 9.17) is 4.74 Å². The summed E-state index contributed by atoms with van der Waals surface area (Å²) in [6, 6.07) is 7.68. The molecule has 0 heterocycles. The van der Waals surface area contributed by atoms with Gasteiger partial charge in [0.05, 0.1) is 12.8 Å². The third kappa shape index (κ3) is 8.12. The lowest BCUT2D eigenvalue weighted by molar-refractivity contribution is -0.121. The van der Waals surface area contributed by atoms with Gasteiger partial charge >= 0.3 is 0 Å². The van der Waals surface area contributed by atoms with E-state index in [0.29, 0.717) is 6.42 Å². The average molecular weight is 290 g/mol. The van der Waals surface area contributed by atoms with Crippen molar-refractivity contribution in [2.45, 2.75) is 52.4 Å². The first-order valence-electron chi connectivity index (χ1n) is 7.81. The van der Waals surface area contributed by atoms with Crippen LogP contribution in [0, 0.1) is 0 Å². The minimum atomic E-state index is -0.0285. The largest absolute Gasteiger partial charge is 0.494 e. The maximum Gasteiger partial charge on any atom is 0.240 e. The van der Waals surface area contributed by atoms with Crippen molar-refractivity contribution < 1.29 is 9.53 Å². The zero-order valence-electron chi connectivity index (χ0n) is 13.1. The lowest BCUT2D eigenvalue weighted by Gasteiger charge is -2.04. The van der Waals surface area contributed by atoms with Crippen molar-refractivity contribution in [2.24, 2.45) is 5.10 Å². The van der Waals surface area contributed by atoms with Crippen molar-refractivity contribution in [2.75, 3.05) is 6.61 Å². The van der Waals surface area contributed by atoms with E-state index in [1.54, 1.807) is 6.21 Å². The van der Waals surface area contributed by atoms with Crippen LogP contribution in [0.15, 0.2) is 29.4 Å². The van der Waals surface area contributed by atoms with Gasteiger partial charge in [-0.15, -0.1) is 0 Å². The standard InChI is InChI=1S/C17H26N2O2/c1-3-5-7-8-17(20)19-18-14-15-9-11-16(12-10-15)21-13-6-4-2/h9-12,14H,3-8,13H2,1-2H3,(H,19,20)/b18-14-. The van der Waals surface area contributed by atoms with E-state index in [1.807, 2.05) is 24.3 Å². The van der Waals surface area contributed by atoms with Gasteiger partial charge in [0.1, 0.15) is 5.75 Å². The molecule has 1 N–H and O–H groups in total. The van der Waals surface area contributed by atoms with Gasteiger partial charge in [0.25, 0.3) is 0 Å². The van der Waals surface area contributed by atoms with Crippen LogP contribution in [0.4, 0.5) is 0 Å². The van der Waals surface area contributed by atoms with Crippen molar-refractivity contribution in [1.82, 2.24) is 5.43 Å². The molecular weight excluding hydrogens is 264 g/mol. The second kappa shape index (κ2) is 10.9. The van der Waals surface area contributed by atoms with Gasteiger partial charge in [-0.1, -0.05) is 33.1 Å². The summed E-state index contributed by atoms with van der Waals surface area (Å²) < 4.78 is 5.58. The number of hydrogen-bond donors (Lipinski definition) is 1. The Morgan fingerprint density at radius 1 is 1.14 bits per heavy atom. The minimum absolute atomic E-state index is 0.0285. The minimum Gasteiger partial charge on any atom is -0.494 e. The van der Waals surface area contributed by atoms with Crippen LogP contribution in [0.1, 0.15) is 57.9 Å². The van der Waals surface area contributed by atoms with E-state index < -0.39 is 0 Å². The summed E-state index contributed by atoms with van der Waals surface area (Å²) >= 11 is 0. The summed E-state index contributed by atoms with van der Waals surface area (Å²) in [5, 5.41) is 3.96. The Morgan fingerprint density at radius 2 is 1.86 bits per heavy atom. The fourth-order valence-corrected chi connectivity index (χ4v) is 1.75. The second-order valence-electron chi connectivity index (χ2n) is 5.02. The molecule has 0 spiro atoms. The Kier molecular flexibility index (Phi) is 8.93. The highest BCUT2D eigenvalue weighted by Gasteiger charge is 1.98. The SMILES string of the molecule is CCCCCC(=O)N/N=C\c1ccc(OCCCC)cc1. The van der Waals surface area contributed by atoms with E-state index in [1.165, 1.54) is 0 Å². The Labute approximate surface area is 127 Å². The number of carbonyl (C=O) groups excluding carboxylic acids is 1. The van der Waals surface area contributed by atoms with E-state index in [-0.39, 0.29) is 5.91 Å². The summed E-state index contributed by atoms with van der Waals surface area (Å²) in [6.07, 6.45) is 7.49. The molecule has 0 bridgehead atoms. The predicted molar refractivity (Wildman–Crippen MR) is 86.7 cm³/mol. The molecule has 0 aliphatic rings. The summed E-state index contributed by atoms with van der Waals surface area (Å²) in [7, 11) is 0. The normalized spacial score (nSPS) is 10.8. The number of ether oxygens (including phenoxy) is 1. The zero-order chi connectivity index (χ0) is 15.3. The first-order chi connectivity index (χ1) is 10.3. The molecule has 1 amide bonds. The highest BCUT2D eigenvalue weighted by molar-refractivity contribution is 5.82. The maximum atomic E-state index is 11.5. The zero-order valence-corrected chi connectivity index (χ0v) is 13.1. The lowest BCUT2D eigenvalue weighted by Crippen LogP contribution is -2.16. The van der Waals surface area contributed by atoms with Crippen LogP contribution in [0.2, 0.25) is 0 Å². The van der Waals surface area contributed by atoms with Crippen molar-refractivity contribution in [3.8, 4) is 5.75 Å². The molecule has 0 fully saturated rings. The van der Waals surface area contributed by atoms with Crippen molar-refractivity contribution in [1.29, 1.82) is 0 Å². The Morgan fingerprint density at radius 3 is 2.52 bits per heavy atom. The van der Waals surface area contributed by atoms with Gasteiger partial charge in [-0.2, -0.15) is 5.10 Å². The molecule has 0 saturated heterocycles. The number of rotatable bonds is 10. The average Bonchev–Trinajstić information content (AvgIpc) is 2.49. The molecule has 0 atom stereocenters. The number of amides is 1. The molecule has 4 nitrogen and oxygen atoms in total. The van der Waals surface area contributed by atoms with E-state index in [0.717, 1.165) is 50.0 Å². The third-order valence-electron chi connectivity index (χ3n) is 3.06. The molecule has 0 aromatic heterocycles. The molecule has 0 radical (unpaired) electrons. The first-order valence-corrected chi connectivity index (χ1v) is 7.81. The van der Waals surface area contributed by atoms with Crippen LogP contribution in [-0.2, 0) is 4.79 Å². The van der Waals surface area contributed by atoms with Crippen LogP contribution in [-0.4, -0.2) is 18.7 Å².